The highest BCUT2D eigenvalue weighted by atomic mass is 16.2. The Kier molecular flexibility index (Phi) is 4.10. The standard InChI is InChI=1S/C14H16N4O/c1-18(10-11-5-3-2-4-6-11)14(19)12-7-8-16-13(9-12)17-15/h2-9H,10,15H2,1H3,(H,16,17). The van der Waals surface area contributed by atoms with E-state index in [4.69, 9.17) is 5.84 Å². The van der Waals surface area contributed by atoms with Crippen molar-refractivity contribution in [3.05, 3.63) is 59.8 Å². The molecule has 0 bridgehead atoms. The molecule has 0 aliphatic heterocycles. The molecule has 19 heavy (non-hydrogen) atoms. The summed E-state index contributed by atoms with van der Waals surface area (Å²) in [5.41, 5.74) is 4.07. The number of nitrogen functional groups attached to an aromatic ring is 1. The summed E-state index contributed by atoms with van der Waals surface area (Å²) in [6, 6.07) is 13.1. The lowest BCUT2D eigenvalue weighted by Gasteiger charge is -2.17. The van der Waals surface area contributed by atoms with Gasteiger partial charge < -0.3 is 10.3 Å². The molecule has 0 radical (unpaired) electrons. The third-order valence-corrected chi connectivity index (χ3v) is 2.76. The number of hydrogen-bond acceptors (Lipinski definition) is 4. The van der Waals surface area contributed by atoms with Crippen molar-refractivity contribution in [1.82, 2.24) is 9.88 Å². The van der Waals surface area contributed by atoms with Crippen LogP contribution < -0.4 is 11.3 Å². The number of nitrogens with zero attached hydrogens (tertiary/aromatic N) is 2. The van der Waals surface area contributed by atoms with E-state index in [2.05, 4.69) is 10.4 Å². The van der Waals surface area contributed by atoms with Crippen LogP contribution in [0, 0.1) is 0 Å². The van der Waals surface area contributed by atoms with Crippen LogP contribution in [0.1, 0.15) is 15.9 Å². The summed E-state index contributed by atoms with van der Waals surface area (Å²) < 4.78 is 0. The highest BCUT2D eigenvalue weighted by Gasteiger charge is 2.12. The van der Waals surface area contributed by atoms with Crippen molar-refractivity contribution in [2.24, 2.45) is 5.84 Å². The van der Waals surface area contributed by atoms with Crippen molar-refractivity contribution in [2.75, 3.05) is 12.5 Å². The van der Waals surface area contributed by atoms with Crippen molar-refractivity contribution >= 4 is 11.7 Å². The molecule has 1 heterocycles. The van der Waals surface area contributed by atoms with E-state index in [1.54, 1.807) is 30.3 Å². The summed E-state index contributed by atoms with van der Waals surface area (Å²) >= 11 is 0. The molecule has 98 valence electrons. The zero-order valence-corrected chi connectivity index (χ0v) is 10.7. The molecule has 0 aliphatic carbocycles. The molecule has 1 amide bonds. The Balaban J connectivity index is 2.10. The number of nitrogens with one attached hydrogen (secondary N) is 1. The number of amides is 1. The highest BCUT2D eigenvalue weighted by molar-refractivity contribution is 5.94. The lowest BCUT2D eigenvalue weighted by Crippen LogP contribution is -2.26. The Morgan fingerprint density at radius 3 is 2.74 bits per heavy atom. The highest BCUT2D eigenvalue weighted by Crippen LogP contribution is 2.10. The maximum Gasteiger partial charge on any atom is 0.254 e. The Morgan fingerprint density at radius 1 is 1.32 bits per heavy atom. The predicted octanol–water partition coefficient (Wildman–Crippen LogP) is 1.64. The van der Waals surface area contributed by atoms with Crippen LogP contribution in [0.4, 0.5) is 5.82 Å². The number of aromatic nitrogens is 1. The molecule has 0 spiro atoms. The average molecular weight is 256 g/mol. The first kappa shape index (κ1) is 13.0. The largest absolute Gasteiger partial charge is 0.337 e. The third-order valence-electron chi connectivity index (χ3n) is 2.76. The molecule has 0 saturated carbocycles. The molecule has 5 heteroatoms. The van der Waals surface area contributed by atoms with Gasteiger partial charge in [0.15, 0.2) is 0 Å². The lowest BCUT2D eigenvalue weighted by atomic mass is 10.2. The van der Waals surface area contributed by atoms with Gasteiger partial charge in [-0.15, -0.1) is 0 Å². The number of anilines is 1. The third kappa shape index (κ3) is 3.29. The van der Waals surface area contributed by atoms with E-state index in [9.17, 15) is 4.79 Å². The summed E-state index contributed by atoms with van der Waals surface area (Å²) in [5, 5.41) is 0. The fourth-order valence-electron chi connectivity index (χ4n) is 1.79. The number of carbonyl (C=O) groups excluding carboxylic acids is 1. The zero-order chi connectivity index (χ0) is 13.7. The Labute approximate surface area is 112 Å². The Bertz CT molecular complexity index is 556. The van der Waals surface area contributed by atoms with Crippen LogP contribution in [0.15, 0.2) is 48.7 Å². The first-order chi connectivity index (χ1) is 9.20. The predicted molar refractivity (Wildman–Crippen MR) is 74.3 cm³/mol. The molecule has 5 nitrogen and oxygen atoms in total. The molecule has 2 rings (SSSR count). The Morgan fingerprint density at radius 2 is 2.05 bits per heavy atom. The van der Waals surface area contributed by atoms with E-state index >= 15 is 0 Å². The number of rotatable bonds is 4. The van der Waals surface area contributed by atoms with E-state index in [-0.39, 0.29) is 5.91 Å². The van der Waals surface area contributed by atoms with E-state index in [0.717, 1.165) is 5.56 Å². The van der Waals surface area contributed by atoms with Crippen molar-refractivity contribution in [2.45, 2.75) is 6.54 Å². The molecule has 0 aliphatic rings. The monoisotopic (exact) mass is 256 g/mol. The number of nitrogens with two attached hydrogens (primary N) is 1. The van der Waals surface area contributed by atoms with E-state index in [0.29, 0.717) is 17.9 Å². The number of hydrazine groups is 1. The second-order valence-electron chi connectivity index (χ2n) is 4.22. The topological polar surface area (TPSA) is 71.2 Å². The maximum absolute atomic E-state index is 12.2. The van der Waals surface area contributed by atoms with Gasteiger partial charge in [-0.25, -0.2) is 10.8 Å². The fourth-order valence-corrected chi connectivity index (χ4v) is 1.79. The second-order valence-corrected chi connectivity index (χ2v) is 4.22. The molecule has 1 aromatic heterocycles. The fraction of sp³-hybridized carbons (Fsp3) is 0.143. The van der Waals surface area contributed by atoms with E-state index in [1.807, 2.05) is 30.3 Å². The van der Waals surface area contributed by atoms with Crippen LogP contribution in [0.2, 0.25) is 0 Å². The molecule has 0 fully saturated rings. The lowest BCUT2D eigenvalue weighted by molar-refractivity contribution is 0.0785. The molecule has 0 atom stereocenters. The number of benzene rings is 1. The van der Waals surface area contributed by atoms with Crippen molar-refractivity contribution < 1.29 is 4.79 Å². The smallest absolute Gasteiger partial charge is 0.254 e. The number of pyridine rings is 1. The normalized spacial score (nSPS) is 10.0. The molecular weight excluding hydrogens is 240 g/mol. The van der Waals surface area contributed by atoms with E-state index in [1.165, 1.54) is 0 Å². The van der Waals surface area contributed by atoms with Crippen molar-refractivity contribution in [3.63, 3.8) is 0 Å². The molecule has 2 aromatic rings. The summed E-state index contributed by atoms with van der Waals surface area (Å²) in [4.78, 5) is 17.9. The first-order valence-electron chi connectivity index (χ1n) is 5.93. The maximum atomic E-state index is 12.2. The molecule has 1 aromatic carbocycles. The van der Waals surface area contributed by atoms with Gasteiger partial charge in [0.25, 0.3) is 5.91 Å². The molecular formula is C14H16N4O. The van der Waals surface area contributed by atoms with Crippen LogP contribution in [-0.2, 0) is 6.54 Å². The van der Waals surface area contributed by atoms with Crippen molar-refractivity contribution in [1.29, 1.82) is 0 Å². The van der Waals surface area contributed by atoms with Crippen LogP contribution in [-0.4, -0.2) is 22.8 Å². The van der Waals surface area contributed by atoms with E-state index < -0.39 is 0 Å². The molecule has 0 saturated heterocycles. The average Bonchev–Trinajstić information content (AvgIpc) is 2.47. The van der Waals surface area contributed by atoms with Gasteiger partial charge in [0.05, 0.1) is 0 Å². The van der Waals surface area contributed by atoms with Gasteiger partial charge in [-0.1, -0.05) is 30.3 Å². The van der Waals surface area contributed by atoms with Crippen LogP contribution in [0.25, 0.3) is 0 Å². The van der Waals surface area contributed by atoms with Crippen molar-refractivity contribution in [3.8, 4) is 0 Å². The van der Waals surface area contributed by atoms with Gasteiger partial charge in [-0.3, -0.25) is 4.79 Å². The van der Waals surface area contributed by atoms with Gasteiger partial charge >= 0.3 is 0 Å². The quantitative estimate of drug-likeness (QED) is 0.644. The summed E-state index contributed by atoms with van der Waals surface area (Å²) in [7, 11) is 1.77. The Hall–Kier alpha value is -2.40. The first-order valence-corrected chi connectivity index (χ1v) is 5.93. The van der Waals surface area contributed by atoms with Gasteiger partial charge in [0.2, 0.25) is 0 Å². The second kappa shape index (κ2) is 5.97. The zero-order valence-electron chi connectivity index (χ0n) is 10.7. The summed E-state index contributed by atoms with van der Waals surface area (Å²) in [6.45, 7) is 0.563. The van der Waals surface area contributed by atoms with Gasteiger partial charge in [0.1, 0.15) is 5.82 Å². The minimum Gasteiger partial charge on any atom is -0.337 e. The molecule has 3 N–H and O–H groups in total. The minimum atomic E-state index is -0.0669. The SMILES string of the molecule is CN(Cc1ccccc1)C(=O)c1ccnc(NN)c1. The number of hydrogen-bond donors (Lipinski definition) is 2. The van der Waals surface area contributed by atoms with Crippen LogP contribution in [0.5, 0.6) is 0 Å². The van der Waals surface area contributed by atoms with Gasteiger partial charge in [-0.2, -0.15) is 0 Å². The summed E-state index contributed by atoms with van der Waals surface area (Å²) in [6.07, 6.45) is 1.55. The van der Waals surface area contributed by atoms with Crippen LogP contribution >= 0.6 is 0 Å². The number of carbonyl (C=O) groups is 1. The van der Waals surface area contributed by atoms with Gasteiger partial charge in [0, 0.05) is 25.4 Å². The van der Waals surface area contributed by atoms with Crippen LogP contribution in [0.3, 0.4) is 0 Å². The molecule has 0 unspecified atom stereocenters. The van der Waals surface area contributed by atoms with Gasteiger partial charge in [-0.05, 0) is 17.7 Å². The minimum absolute atomic E-state index is 0.0669. The summed E-state index contributed by atoms with van der Waals surface area (Å²) in [5.74, 6) is 5.69.